The first kappa shape index (κ1) is 16.4. The Bertz CT molecular complexity index is 406. The quantitative estimate of drug-likeness (QED) is 0.872. The van der Waals surface area contributed by atoms with Gasteiger partial charge < -0.3 is 10.2 Å². The van der Waals surface area contributed by atoms with Gasteiger partial charge in [0.15, 0.2) is 0 Å². The Morgan fingerprint density at radius 1 is 1.29 bits per heavy atom. The minimum atomic E-state index is 0.667. The number of nitrogens with zero attached hydrogens (tertiary/aromatic N) is 2. The van der Waals surface area contributed by atoms with E-state index in [0.717, 1.165) is 43.1 Å². The van der Waals surface area contributed by atoms with Gasteiger partial charge in [0.05, 0.1) is 5.69 Å². The van der Waals surface area contributed by atoms with E-state index in [4.69, 9.17) is 0 Å². The van der Waals surface area contributed by atoms with Gasteiger partial charge in [-0.15, -0.1) is 0 Å². The van der Waals surface area contributed by atoms with Gasteiger partial charge in [0.1, 0.15) is 0 Å². The molecule has 0 aromatic carbocycles. The zero-order valence-electron chi connectivity index (χ0n) is 14.0. The van der Waals surface area contributed by atoms with E-state index in [1.807, 2.05) is 12.3 Å². The highest BCUT2D eigenvalue weighted by atomic mass is 15.1. The van der Waals surface area contributed by atoms with Crippen LogP contribution in [0.1, 0.15) is 39.3 Å². The van der Waals surface area contributed by atoms with Crippen molar-refractivity contribution in [1.29, 1.82) is 0 Å². The fourth-order valence-electron chi connectivity index (χ4n) is 3.91. The first-order chi connectivity index (χ1) is 10.1. The van der Waals surface area contributed by atoms with Crippen molar-refractivity contribution in [2.45, 2.75) is 46.2 Å². The van der Waals surface area contributed by atoms with Gasteiger partial charge in [-0.3, -0.25) is 4.98 Å². The van der Waals surface area contributed by atoms with E-state index >= 15 is 0 Å². The van der Waals surface area contributed by atoms with Crippen LogP contribution in [0.15, 0.2) is 24.4 Å². The summed E-state index contributed by atoms with van der Waals surface area (Å²) in [4.78, 5) is 6.88. The van der Waals surface area contributed by atoms with Crippen molar-refractivity contribution in [2.75, 3.05) is 20.1 Å². The lowest BCUT2D eigenvalue weighted by atomic mass is 9.72. The van der Waals surface area contributed by atoms with Crippen LogP contribution in [-0.4, -0.2) is 36.1 Å². The molecule has 1 fully saturated rings. The van der Waals surface area contributed by atoms with Gasteiger partial charge in [-0.25, -0.2) is 0 Å². The Morgan fingerprint density at radius 3 is 2.76 bits per heavy atom. The summed E-state index contributed by atoms with van der Waals surface area (Å²) in [6.45, 7) is 10.2. The predicted octanol–water partition coefficient (Wildman–Crippen LogP) is 3.17. The molecule has 1 heterocycles. The molecule has 1 aromatic rings. The van der Waals surface area contributed by atoms with Crippen molar-refractivity contribution in [3.8, 4) is 0 Å². The molecule has 0 saturated heterocycles. The van der Waals surface area contributed by atoms with Gasteiger partial charge in [0.25, 0.3) is 0 Å². The van der Waals surface area contributed by atoms with Crippen molar-refractivity contribution in [3.63, 3.8) is 0 Å². The average Bonchev–Trinajstić information content (AvgIpc) is 2.44. The van der Waals surface area contributed by atoms with Gasteiger partial charge >= 0.3 is 0 Å². The fourth-order valence-corrected chi connectivity index (χ4v) is 3.91. The maximum absolute atomic E-state index is 4.44. The minimum absolute atomic E-state index is 0.667. The molecule has 1 aliphatic carbocycles. The second kappa shape index (κ2) is 7.90. The highest BCUT2D eigenvalue weighted by Crippen LogP contribution is 2.34. The van der Waals surface area contributed by atoms with Crippen LogP contribution in [0, 0.1) is 17.8 Å². The summed E-state index contributed by atoms with van der Waals surface area (Å²) in [5.41, 5.74) is 1.16. The summed E-state index contributed by atoms with van der Waals surface area (Å²) in [7, 11) is 2.22. The van der Waals surface area contributed by atoms with Crippen LogP contribution in [-0.2, 0) is 6.54 Å². The minimum Gasteiger partial charge on any atom is -0.314 e. The molecule has 3 heteroatoms. The average molecular weight is 289 g/mol. The highest BCUT2D eigenvalue weighted by molar-refractivity contribution is 5.03. The van der Waals surface area contributed by atoms with Crippen LogP contribution in [0.2, 0.25) is 0 Å². The third-order valence-corrected chi connectivity index (χ3v) is 4.83. The number of hydrogen-bond acceptors (Lipinski definition) is 3. The maximum atomic E-state index is 4.44. The smallest absolute Gasteiger partial charge is 0.0543 e. The second-order valence-corrected chi connectivity index (χ2v) is 6.90. The Kier molecular flexibility index (Phi) is 6.19. The zero-order chi connectivity index (χ0) is 15.2. The van der Waals surface area contributed by atoms with E-state index in [-0.39, 0.29) is 0 Å². The summed E-state index contributed by atoms with van der Waals surface area (Å²) in [5.74, 6) is 2.39. The molecule has 2 rings (SSSR count). The van der Waals surface area contributed by atoms with E-state index in [1.54, 1.807) is 0 Å². The van der Waals surface area contributed by atoms with E-state index in [9.17, 15) is 0 Å². The molecule has 1 aromatic heterocycles. The Balaban J connectivity index is 1.94. The van der Waals surface area contributed by atoms with Gasteiger partial charge in [-0.05, 0) is 56.3 Å². The van der Waals surface area contributed by atoms with Crippen LogP contribution in [0.25, 0.3) is 0 Å². The lowest BCUT2D eigenvalue weighted by molar-refractivity contribution is 0.109. The molecule has 0 amide bonds. The van der Waals surface area contributed by atoms with Gasteiger partial charge in [0, 0.05) is 25.3 Å². The number of aromatic nitrogens is 1. The van der Waals surface area contributed by atoms with E-state index in [0.29, 0.717) is 6.04 Å². The molecular weight excluding hydrogens is 258 g/mol. The Hall–Kier alpha value is -0.930. The SMILES string of the molecule is CCNC1CC(C)CC(C)C1CN(C)Cc1ccccn1. The Labute approximate surface area is 130 Å². The van der Waals surface area contributed by atoms with Crippen molar-refractivity contribution < 1.29 is 0 Å². The molecule has 1 N–H and O–H groups in total. The first-order valence-electron chi connectivity index (χ1n) is 8.42. The third-order valence-electron chi connectivity index (χ3n) is 4.83. The standard InChI is InChI=1S/C18H31N3/c1-5-19-18-11-14(2)10-15(3)17(18)13-21(4)12-16-8-6-7-9-20-16/h6-9,14-15,17-19H,5,10-13H2,1-4H3. The summed E-state index contributed by atoms with van der Waals surface area (Å²) < 4.78 is 0. The molecule has 4 unspecified atom stereocenters. The molecular formula is C18H31N3. The molecule has 0 radical (unpaired) electrons. The summed E-state index contributed by atoms with van der Waals surface area (Å²) >= 11 is 0. The molecule has 0 aliphatic heterocycles. The van der Waals surface area contributed by atoms with Crippen molar-refractivity contribution >= 4 is 0 Å². The van der Waals surface area contributed by atoms with Crippen LogP contribution in [0.3, 0.4) is 0 Å². The molecule has 21 heavy (non-hydrogen) atoms. The predicted molar refractivity (Wildman–Crippen MR) is 89.1 cm³/mol. The zero-order valence-corrected chi connectivity index (χ0v) is 14.0. The fraction of sp³-hybridized carbons (Fsp3) is 0.722. The molecule has 0 spiro atoms. The van der Waals surface area contributed by atoms with Gasteiger partial charge in [-0.1, -0.05) is 26.8 Å². The summed E-state index contributed by atoms with van der Waals surface area (Å²) in [6, 6.07) is 6.84. The third kappa shape index (κ3) is 4.79. The normalized spacial score (nSPS) is 29.8. The van der Waals surface area contributed by atoms with E-state index < -0.39 is 0 Å². The number of hydrogen-bond donors (Lipinski definition) is 1. The molecule has 3 nitrogen and oxygen atoms in total. The largest absolute Gasteiger partial charge is 0.314 e. The lowest BCUT2D eigenvalue weighted by Gasteiger charge is -2.41. The van der Waals surface area contributed by atoms with Crippen molar-refractivity contribution in [3.05, 3.63) is 30.1 Å². The van der Waals surface area contributed by atoms with Crippen molar-refractivity contribution in [2.24, 2.45) is 17.8 Å². The Morgan fingerprint density at radius 2 is 2.10 bits per heavy atom. The highest BCUT2D eigenvalue weighted by Gasteiger charge is 2.33. The molecule has 118 valence electrons. The maximum Gasteiger partial charge on any atom is 0.0543 e. The van der Waals surface area contributed by atoms with E-state index in [2.05, 4.69) is 55.2 Å². The number of nitrogens with one attached hydrogen (secondary N) is 1. The van der Waals surface area contributed by atoms with E-state index in [1.165, 1.54) is 12.8 Å². The molecule has 1 saturated carbocycles. The summed E-state index contributed by atoms with van der Waals surface area (Å²) in [5, 5.41) is 3.72. The van der Waals surface area contributed by atoms with Crippen LogP contribution >= 0.6 is 0 Å². The first-order valence-corrected chi connectivity index (χ1v) is 8.42. The molecule has 1 aliphatic rings. The van der Waals surface area contributed by atoms with Crippen LogP contribution in [0.4, 0.5) is 0 Å². The number of rotatable bonds is 6. The molecule has 4 atom stereocenters. The van der Waals surface area contributed by atoms with Crippen LogP contribution < -0.4 is 5.32 Å². The topological polar surface area (TPSA) is 28.2 Å². The van der Waals surface area contributed by atoms with Gasteiger partial charge in [0.2, 0.25) is 0 Å². The van der Waals surface area contributed by atoms with Gasteiger partial charge in [-0.2, -0.15) is 0 Å². The number of pyridine rings is 1. The molecule has 0 bridgehead atoms. The lowest BCUT2D eigenvalue weighted by Crippen LogP contribution is -2.48. The monoisotopic (exact) mass is 289 g/mol. The summed E-state index contributed by atoms with van der Waals surface area (Å²) in [6.07, 6.45) is 4.57. The van der Waals surface area contributed by atoms with Crippen LogP contribution in [0.5, 0.6) is 0 Å². The van der Waals surface area contributed by atoms with Crippen molar-refractivity contribution in [1.82, 2.24) is 15.2 Å². The second-order valence-electron chi connectivity index (χ2n) is 6.90.